The molecule has 0 spiro atoms. The highest BCUT2D eigenvalue weighted by molar-refractivity contribution is 4.81. The summed E-state index contributed by atoms with van der Waals surface area (Å²) in [5.74, 6) is 0. The maximum absolute atomic E-state index is 2.41. The average molecular weight is 334 g/mol. The van der Waals surface area contributed by atoms with Gasteiger partial charge in [-0.2, -0.15) is 0 Å². The predicted molar refractivity (Wildman–Crippen MR) is 105 cm³/mol. The zero-order valence-corrected chi connectivity index (χ0v) is 16.4. The second kappa shape index (κ2) is 15.5. The van der Waals surface area contributed by atoms with E-state index in [1.807, 2.05) is 0 Å². The Morgan fingerprint density at radius 2 is 1.29 bits per heavy atom. The Hall–Kier alpha value is -1.05. The van der Waals surface area contributed by atoms with Crippen molar-refractivity contribution in [3.8, 4) is 0 Å². The molecule has 0 bridgehead atoms. The molecule has 0 aliphatic heterocycles. The first kappa shape index (κ1) is 21.0. The zero-order valence-electron chi connectivity index (χ0n) is 16.4. The van der Waals surface area contributed by atoms with Gasteiger partial charge in [0.05, 0.1) is 13.6 Å². The third-order valence-electron chi connectivity index (χ3n) is 4.75. The molecule has 0 aliphatic carbocycles. The summed E-state index contributed by atoms with van der Waals surface area (Å²) in [6.45, 7) is 3.45. The van der Waals surface area contributed by atoms with E-state index in [9.17, 15) is 0 Å². The van der Waals surface area contributed by atoms with Crippen LogP contribution in [0.5, 0.6) is 0 Å². The van der Waals surface area contributed by atoms with E-state index in [1.54, 1.807) is 0 Å². The minimum absolute atomic E-state index is 1.17. The van der Waals surface area contributed by atoms with Crippen molar-refractivity contribution < 1.29 is 4.57 Å². The largest absolute Gasteiger partial charge is 0.243 e. The summed E-state index contributed by atoms with van der Waals surface area (Å²) in [6, 6.07) is 0. The van der Waals surface area contributed by atoms with Gasteiger partial charge >= 0.3 is 0 Å². The molecule has 0 unspecified atom stereocenters. The van der Waals surface area contributed by atoms with Crippen molar-refractivity contribution in [2.45, 2.75) is 103 Å². The second-order valence-corrected chi connectivity index (χ2v) is 7.25. The molecule has 0 N–H and O–H groups in total. The van der Waals surface area contributed by atoms with E-state index in [0.717, 1.165) is 0 Å². The van der Waals surface area contributed by atoms with Crippen LogP contribution >= 0.6 is 0 Å². The van der Waals surface area contributed by atoms with Crippen molar-refractivity contribution in [1.82, 2.24) is 4.57 Å². The molecule has 0 saturated carbocycles. The van der Waals surface area contributed by atoms with Gasteiger partial charge in [0, 0.05) is 0 Å². The number of aromatic nitrogens is 2. The lowest BCUT2D eigenvalue weighted by Crippen LogP contribution is -2.23. The van der Waals surface area contributed by atoms with Crippen molar-refractivity contribution in [3.63, 3.8) is 0 Å². The summed E-state index contributed by atoms with van der Waals surface area (Å²) < 4.78 is 4.40. The summed E-state index contributed by atoms with van der Waals surface area (Å²) in [6.07, 6.45) is 30.6. The molecule has 1 heterocycles. The van der Waals surface area contributed by atoms with Gasteiger partial charge in [0.2, 0.25) is 6.33 Å². The number of aryl methyl sites for hydroxylation is 2. The molecule has 0 amide bonds. The van der Waals surface area contributed by atoms with Gasteiger partial charge in [0.25, 0.3) is 0 Å². The van der Waals surface area contributed by atoms with Crippen LogP contribution < -0.4 is 4.57 Å². The van der Waals surface area contributed by atoms with Crippen LogP contribution in [0.3, 0.4) is 0 Å². The molecule has 0 aromatic carbocycles. The van der Waals surface area contributed by atoms with E-state index >= 15 is 0 Å². The lowest BCUT2D eigenvalue weighted by atomic mass is 10.1. The smallest absolute Gasteiger partial charge is 0.240 e. The minimum atomic E-state index is 1.17. The highest BCUT2D eigenvalue weighted by Crippen LogP contribution is 2.11. The normalized spacial score (nSPS) is 11.6. The summed E-state index contributed by atoms with van der Waals surface area (Å²) in [7, 11) is 2.08. The highest BCUT2D eigenvalue weighted by atomic mass is 15.1. The second-order valence-electron chi connectivity index (χ2n) is 7.25. The summed E-state index contributed by atoms with van der Waals surface area (Å²) in [4.78, 5) is 0. The van der Waals surface area contributed by atoms with Crippen molar-refractivity contribution in [2.24, 2.45) is 7.05 Å². The molecule has 0 aliphatic rings. The van der Waals surface area contributed by atoms with Gasteiger partial charge in [-0.15, -0.1) is 0 Å². The number of hydrogen-bond acceptors (Lipinski definition) is 0. The Balaban J connectivity index is 1.75. The van der Waals surface area contributed by atoms with Crippen molar-refractivity contribution in [3.05, 3.63) is 30.9 Å². The first-order valence-corrected chi connectivity index (χ1v) is 10.5. The van der Waals surface area contributed by atoms with Crippen LogP contribution in [0.2, 0.25) is 0 Å². The number of nitrogens with zero attached hydrogens (tertiary/aromatic N) is 2. The van der Waals surface area contributed by atoms with Crippen LogP contribution in [0, 0.1) is 0 Å². The van der Waals surface area contributed by atoms with Gasteiger partial charge in [-0.05, 0) is 38.5 Å². The lowest BCUT2D eigenvalue weighted by Gasteiger charge is -2.01. The fourth-order valence-electron chi connectivity index (χ4n) is 3.18. The van der Waals surface area contributed by atoms with Crippen LogP contribution in [0.25, 0.3) is 0 Å². The van der Waals surface area contributed by atoms with E-state index in [-0.39, 0.29) is 0 Å². The Kier molecular flexibility index (Phi) is 13.5. The summed E-state index contributed by atoms with van der Waals surface area (Å²) in [5, 5.41) is 0. The summed E-state index contributed by atoms with van der Waals surface area (Å²) >= 11 is 0. The standard InChI is InChI=1S/C22H41N2/c1-3-4-5-6-7-8-9-10-11-12-13-14-15-16-17-18-19-24-21-20-23(2)22-24/h8-9,20-22H,3-7,10-19H2,1-2H3/q+1/b9-8-. The molecule has 1 aromatic heterocycles. The van der Waals surface area contributed by atoms with Crippen molar-refractivity contribution >= 4 is 0 Å². The van der Waals surface area contributed by atoms with E-state index in [0.29, 0.717) is 0 Å². The first-order chi connectivity index (χ1) is 11.8. The Morgan fingerprint density at radius 1 is 0.750 bits per heavy atom. The summed E-state index contributed by atoms with van der Waals surface area (Å²) in [5.41, 5.74) is 0. The predicted octanol–water partition coefficient (Wildman–Crippen LogP) is 6.35. The van der Waals surface area contributed by atoms with Gasteiger partial charge in [-0.3, -0.25) is 0 Å². The van der Waals surface area contributed by atoms with E-state index < -0.39 is 0 Å². The Bertz CT molecular complexity index is 406. The highest BCUT2D eigenvalue weighted by Gasteiger charge is 1.99. The minimum Gasteiger partial charge on any atom is -0.240 e. The quantitative estimate of drug-likeness (QED) is 0.189. The number of unbranched alkanes of at least 4 members (excludes halogenated alkanes) is 12. The first-order valence-electron chi connectivity index (χ1n) is 10.5. The third-order valence-corrected chi connectivity index (χ3v) is 4.75. The monoisotopic (exact) mass is 333 g/mol. The van der Waals surface area contributed by atoms with Crippen LogP contribution in [-0.4, -0.2) is 4.57 Å². The third kappa shape index (κ3) is 12.4. The molecule has 24 heavy (non-hydrogen) atoms. The maximum atomic E-state index is 2.41. The molecule has 0 atom stereocenters. The molecule has 1 rings (SSSR count). The number of rotatable bonds is 16. The van der Waals surface area contributed by atoms with Gasteiger partial charge < -0.3 is 0 Å². The molecule has 0 fully saturated rings. The molecule has 138 valence electrons. The Morgan fingerprint density at radius 3 is 1.83 bits per heavy atom. The molecule has 2 nitrogen and oxygen atoms in total. The molecule has 0 radical (unpaired) electrons. The van der Waals surface area contributed by atoms with Gasteiger partial charge in [-0.1, -0.05) is 70.4 Å². The number of hydrogen-bond donors (Lipinski definition) is 0. The maximum Gasteiger partial charge on any atom is 0.243 e. The van der Waals surface area contributed by atoms with Gasteiger partial charge in [-0.25, -0.2) is 9.13 Å². The average Bonchev–Trinajstić information content (AvgIpc) is 3.00. The van der Waals surface area contributed by atoms with Crippen LogP contribution in [0.4, 0.5) is 0 Å². The number of imidazole rings is 1. The molecule has 0 saturated heterocycles. The van der Waals surface area contributed by atoms with Crippen LogP contribution in [0.15, 0.2) is 30.9 Å². The fourth-order valence-corrected chi connectivity index (χ4v) is 3.18. The van der Waals surface area contributed by atoms with Crippen molar-refractivity contribution in [2.75, 3.05) is 0 Å². The lowest BCUT2D eigenvalue weighted by molar-refractivity contribution is -0.671. The molecule has 1 aromatic rings. The van der Waals surface area contributed by atoms with Gasteiger partial charge in [0.1, 0.15) is 12.4 Å². The number of allylic oxidation sites excluding steroid dienone is 2. The van der Waals surface area contributed by atoms with Crippen LogP contribution in [-0.2, 0) is 13.6 Å². The van der Waals surface area contributed by atoms with Crippen molar-refractivity contribution in [1.29, 1.82) is 0 Å². The van der Waals surface area contributed by atoms with E-state index in [2.05, 4.69) is 54.0 Å². The molecular formula is C22H41N2+. The molecule has 2 heteroatoms. The SMILES string of the molecule is CCCCCC/C=C\CCCCCCCCCCn1cc[n+](C)c1. The van der Waals surface area contributed by atoms with E-state index in [1.165, 1.54) is 96.4 Å². The Labute approximate surface area is 151 Å². The molecular weight excluding hydrogens is 292 g/mol. The fraction of sp³-hybridized carbons (Fsp3) is 0.773. The zero-order chi connectivity index (χ0) is 17.3. The van der Waals surface area contributed by atoms with Crippen LogP contribution in [0.1, 0.15) is 96.8 Å². The van der Waals surface area contributed by atoms with E-state index in [4.69, 9.17) is 0 Å². The van der Waals surface area contributed by atoms with Gasteiger partial charge in [0.15, 0.2) is 0 Å². The topological polar surface area (TPSA) is 8.81 Å².